The van der Waals surface area contributed by atoms with E-state index in [-0.39, 0.29) is 24.0 Å². The van der Waals surface area contributed by atoms with Crippen LogP contribution in [0.15, 0.2) is 4.99 Å². The van der Waals surface area contributed by atoms with Gasteiger partial charge in [-0.3, -0.25) is 4.99 Å². The fourth-order valence-corrected chi connectivity index (χ4v) is 1.55. The number of likely N-dealkylation sites (N-methyl/N-ethyl adjacent to an activating group) is 1. The van der Waals surface area contributed by atoms with Crippen LogP contribution in [-0.2, 0) is 4.74 Å². The Bertz CT molecular complexity index is 215. The second-order valence-corrected chi connectivity index (χ2v) is 4.43. The Morgan fingerprint density at radius 1 is 1.16 bits per heavy atom. The van der Waals surface area contributed by atoms with Crippen LogP contribution in [-0.4, -0.2) is 64.9 Å². The van der Waals surface area contributed by atoms with E-state index < -0.39 is 0 Å². The molecule has 0 amide bonds. The van der Waals surface area contributed by atoms with Crippen LogP contribution in [0.2, 0.25) is 0 Å². The second-order valence-electron chi connectivity index (χ2n) is 4.43. The van der Waals surface area contributed by atoms with Crippen molar-refractivity contribution in [3.63, 3.8) is 0 Å². The van der Waals surface area contributed by atoms with Gasteiger partial charge in [0.05, 0.1) is 0 Å². The van der Waals surface area contributed by atoms with Gasteiger partial charge < -0.3 is 20.3 Å². The van der Waals surface area contributed by atoms with E-state index in [2.05, 4.69) is 34.5 Å². The highest BCUT2D eigenvalue weighted by Gasteiger charge is 1.99. The highest BCUT2D eigenvalue weighted by atomic mass is 127. The van der Waals surface area contributed by atoms with E-state index in [9.17, 15) is 0 Å². The Morgan fingerprint density at radius 3 is 2.42 bits per heavy atom. The fourth-order valence-electron chi connectivity index (χ4n) is 1.55. The van der Waals surface area contributed by atoms with Gasteiger partial charge in [0.25, 0.3) is 0 Å². The molecule has 0 aromatic carbocycles. The average molecular weight is 386 g/mol. The third kappa shape index (κ3) is 14.1. The first-order chi connectivity index (χ1) is 8.74. The van der Waals surface area contributed by atoms with Gasteiger partial charge in [-0.1, -0.05) is 13.3 Å². The highest BCUT2D eigenvalue weighted by molar-refractivity contribution is 14.0. The molecule has 0 aliphatic rings. The van der Waals surface area contributed by atoms with E-state index in [0.717, 1.165) is 45.2 Å². The Hall–Kier alpha value is -0.0800. The standard InChI is InChI=1S/C13H30N4O.HI/c1-5-6-10-17(3)11-9-16-13(14-2)15-8-7-12-18-4;/h5-12H2,1-4H3,(H2,14,15,16);1H. The van der Waals surface area contributed by atoms with Crippen LogP contribution in [0.5, 0.6) is 0 Å². The summed E-state index contributed by atoms with van der Waals surface area (Å²) < 4.78 is 5.00. The molecule has 0 saturated carbocycles. The molecule has 0 aliphatic heterocycles. The van der Waals surface area contributed by atoms with Crippen LogP contribution in [0.25, 0.3) is 0 Å². The molecule has 0 aromatic rings. The van der Waals surface area contributed by atoms with Crippen molar-refractivity contribution >= 4 is 29.9 Å². The summed E-state index contributed by atoms with van der Waals surface area (Å²) in [6.45, 7) is 7.02. The summed E-state index contributed by atoms with van der Waals surface area (Å²) in [7, 11) is 5.68. The van der Waals surface area contributed by atoms with Gasteiger partial charge in [-0.05, 0) is 26.4 Å². The van der Waals surface area contributed by atoms with E-state index in [1.807, 2.05) is 0 Å². The van der Waals surface area contributed by atoms with E-state index in [1.54, 1.807) is 14.2 Å². The van der Waals surface area contributed by atoms with E-state index >= 15 is 0 Å². The van der Waals surface area contributed by atoms with Gasteiger partial charge in [0.1, 0.15) is 0 Å². The zero-order valence-corrected chi connectivity index (χ0v) is 15.2. The van der Waals surface area contributed by atoms with Crippen molar-refractivity contribution in [2.24, 2.45) is 4.99 Å². The molecule has 6 heteroatoms. The first-order valence-corrected chi connectivity index (χ1v) is 6.86. The smallest absolute Gasteiger partial charge is 0.191 e. The number of hydrogen-bond acceptors (Lipinski definition) is 3. The number of ether oxygens (including phenoxy) is 1. The molecule has 0 spiro atoms. The molecule has 0 heterocycles. The molecule has 0 saturated heterocycles. The molecule has 116 valence electrons. The van der Waals surface area contributed by atoms with Gasteiger partial charge in [-0.25, -0.2) is 0 Å². The molecule has 2 N–H and O–H groups in total. The quantitative estimate of drug-likeness (QED) is 0.259. The summed E-state index contributed by atoms with van der Waals surface area (Å²) in [5.41, 5.74) is 0. The van der Waals surface area contributed by atoms with Gasteiger partial charge in [0.2, 0.25) is 0 Å². The molecule has 0 unspecified atom stereocenters. The normalized spacial score (nSPS) is 11.3. The Balaban J connectivity index is 0. The number of unbranched alkanes of at least 4 members (excludes halogenated alkanes) is 1. The van der Waals surface area contributed by atoms with Crippen LogP contribution in [0.1, 0.15) is 26.2 Å². The third-order valence-electron chi connectivity index (χ3n) is 2.72. The highest BCUT2D eigenvalue weighted by Crippen LogP contribution is 1.90. The number of hydrogen-bond donors (Lipinski definition) is 2. The molecule has 0 aromatic heterocycles. The largest absolute Gasteiger partial charge is 0.385 e. The number of halogens is 1. The maximum atomic E-state index is 5.00. The lowest BCUT2D eigenvalue weighted by Gasteiger charge is -2.17. The lowest BCUT2D eigenvalue weighted by Crippen LogP contribution is -2.41. The molecule has 0 fully saturated rings. The summed E-state index contributed by atoms with van der Waals surface area (Å²) >= 11 is 0. The third-order valence-corrected chi connectivity index (χ3v) is 2.72. The second kappa shape index (κ2) is 16.0. The minimum Gasteiger partial charge on any atom is -0.385 e. The zero-order valence-electron chi connectivity index (χ0n) is 12.9. The van der Waals surface area contributed by atoms with Crippen molar-refractivity contribution < 1.29 is 4.74 Å². The number of aliphatic imine (C=N–C) groups is 1. The summed E-state index contributed by atoms with van der Waals surface area (Å²) in [6, 6.07) is 0. The molecular weight excluding hydrogens is 355 g/mol. The molecule has 0 radical (unpaired) electrons. The van der Waals surface area contributed by atoms with Gasteiger partial charge in [0.15, 0.2) is 5.96 Å². The Kier molecular flexibility index (Phi) is 17.8. The summed E-state index contributed by atoms with van der Waals surface area (Å²) in [5, 5.41) is 6.57. The van der Waals surface area contributed by atoms with Crippen molar-refractivity contribution in [1.82, 2.24) is 15.5 Å². The number of rotatable bonds is 10. The van der Waals surface area contributed by atoms with Crippen molar-refractivity contribution in [2.75, 3.05) is 54.0 Å². The minimum atomic E-state index is 0. The minimum absolute atomic E-state index is 0. The maximum Gasteiger partial charge on any atom is 0.191 e. The SMILES string of the molecule is CCCCN(C)CCNC(=NC)NCCCOC.I. The predicted octanol–water partition coefficient (Wildman–Crippen LogP) is 1.54. The fraction of sp³-hybridized carbons (Fsp3) is 0.923. The lowest BCUT2D eigenvalue weighted by molar-refractivity contribution is 0.195. The van der Waals surface area contributed by atoms with E-state index in [4.69, 9.17) is 4.74 Å². The average Bonchev–Trinajstić information content (AvgIpc) is 2.39. The van der Waals surface area contributed by atoms with Crippen molar-refractivity contribution in [2.45, 2.75) is 26.2 Å². The first-order valence-electron chi connectivity index (χ1n) is 6.86. The molecule has 0 aliphatic carbocycles. The van der Waals surface area contributed by atoms with Crippen molar-refractivity contribution in [3.05, 3.63) is 0 Å². The topological polar surface area (TPSA) is 48.9 Å². The summed E-state index contributed by atoms with van der Waals surface area (Å²) in [4.78, 5) is 6.52. The Morgan fingerprint density at radius 2 is 1.84 bits per heavy atom. The van der Waals surface area contributed by atoms with Gasteiger partial charge in [0, 0.05) is 40.4 Å². The van der Waals surface area contributed by atoms with Gasteiger partial charge >= 0.3 is 0 Å². The van der Waals surface area contributed by atoms with Crippen LogP contribution >= 0.6 is 24.0 Å². The van der Waals surface area contributed by atoms with Crippen LogP contribution in [0.3, 0.4) is 0 Å². The number of nitrogens with zero attached hydrogens (tertiary/aromatic N) is 2. The monoisotopic (exact) mass is 386 g/mol. The van der Waals surface area contributed by atoms with Crippen molar-refractivity contribution in [3.8, 4) is 0 Å². The van der Waals surface area contributed by atoms with Gasteiger partial charge in [-0.15, -0.1) is 24.0 Å². The Labute approximate surface area is 135 Å². The summed E-state index contributed by atoms with van der Waals surface area (Å²) in [6.07, 6.45) is 3.51. The first kappa shape index (κ1) is 21.2. The molecule has 5 nitrogen and oxygen atoms in total. The number of guanidine groups is 1. The zero-order chi connectivity index (χ0) is 13.6. The van der Waals surface area contributed by atoms with Crippen LogP contribution < -0.4 is 10.6 Å². The van der Waals surface area contributed by atoms with E-state index in [1.165, 1.54) is 12.8 Å². The summed E-state index contributed by atoms with van der Waals surface area (Å²) in [5.74, 6) is 0.870. The predicted molar refractivity (Wildman–Crippen MR) is 93.7 cm³/mol. The molecule has 0 bridgehead atoms. The molecule has 0 atom stereocenters. The van der Waals surface area contributed by atoms with Gasteiger partial charge in [-0.2, -0.15) is 0 Å². The van der Waals surface area contributed by atoms with Crippen LogP contribution in [0, 0.1) is 0 Å². The van der Waals surface area contributed by atoms with E-state index in [0.29, 0.717) is 0 Å². The van der Waals surface area contributed by atoms with Crippen molar-refractivity contribution in [1.29, 1.82) is 0 Å². The maximum absolute atomic E-state index is 5.00. The lowest BCUT2D eigenvalue weighted by atomic mass is 10.3. The molecule has 19 heavy (non-hydrogen) atoms. The molecule has 0 rings (SSSR count). The number of methoxy groups -OCH3 is 1. The number of nitrogens with one attached hydrogen (secondary N) is 2. The molecular formula is C13H31IN4O. The van der Waals surface area contributed by atoms with Crippen LogP contribution in [0.4, 0.5) is 0 Å².